The van der Waals surface area contributed by atoms with E-state index < -0.39 is 0 Å². The van der Waals surface area contributed by atoms with E-state index in [4.69, 9.17) is 0 Å². The number of aromatic nitrogens is 1. The van der Waals surface area contributed by atoms with Crippen molar-refractivity contribution in [1.82, 2.24) is 9.88 Å². The molecule has 0 radical (unpaired) electrons. The minimum Gasteiger partial charge on any atom is -0.370 e. The van der Waals surface area contributed by atoms with Gasteiger partial charge in [-0.3, -0.25) is 9.59 Å². The van der Waals surface area contributed by atoms with Crippen LogP contribution in [0.5, 0.6) is 0 Å². The van der Waals surface area contributed by atoms with Crippen molar-refractivity contribution in [3.63, 3.8) is 0 Å². The monoisotopic (exact) mass is 442 g/mol. The number of amides is 2. The maximum absolute atomic E-state index is 13.2. The van der Waals surface area contributed by atoms with Crippen molar-refractivity contribution in [2.24, 2.45) is 5.92 Å². The summed E-state index contributed by atoms with van der Waals surface area (Å²) < 4.78 is 0. The molecule has 33 heavy (non-hydrogen) atoms. The highest BCUT2D eigenvalue weighted by molar-refractivity contribution is 6.07. The summed E-state index contributed by atoms with van der Waals surface area (Å²) in [5.41, 5.74) is 1.85. The number of carbonyl (C=O) groups is 2. The summed E-state index contributed by atoms with van der Waals surface area (Å²) in [5.74, 6) is 0.520. The maximum Gasteiger partial charge on any atom is 0.254 e. The quantitative estimate of drug-likeness (QED) is 0.635. The van der Waals surface area contributed by atoms with Gasteiger partial charge < -0.3 is 15.1 Å². The summed E-state index contributed by atoms with van der Waals surface area (Å²) in [6.07, 6.45) is 6.92. The van der Waals surface area contributed by atoms with Gasteiger partial charge in [-0.15, -0.1) is 0 Å². The molecule has 2 aliphatic heterocycles. The number of piperidine rings is 2. The van der Waals surface area contributed by atoms with Gasteiger partial charge in [-0.05, 0) is 61.1 Å². The zero-order valence-corrected chi connectivity index (χ0v) is 18.9. The average Bonchev–Trinajstić information content (AvgIpc) is 2.89. The fourth-order valence-electron chi connectivity index (χ4n) is 4.95. The molecule has 170 valence electrons. The number of carbonyl (C=O) groups excluding carboxylic acids is 2. The van der Waals surface area contributed by atoms with Gasteiger partial charge in [0.1, 0.15) is 5.82 Å². The number of nitrogens with zero attached hydrogens (tertiary/aromatic N) is 3. The standard InChI is InChI=1S/C27H30N4O2/c32-26(29-25-12-11-22(19-28-25)30-15-4-1-5-16-30)21-13-17-31(18-14-21)27(33)24-10-6-8-20-7-2-3-9-23(20)24/h2-3,6-12,19,21H,1,4-5,13-18H2,(H,28,29,32). The predicted molar refractivity (Wildman–Crippen MR) is 132 cm³/mol. The third-order valence-corrected chi connectivity index (χ3v) is 6.89. The fourth-order valence-corrected chi connectivity index (χ4v) is 4.95. The van der Waals surface area contributed by atoms with Crippen LogP contribution in [0.4, 0.5) is 11.5 Å². The molecule has 0 bridgehead atoms. The van der Waals surface area contributed by atoms with E-state index in [1.807, 2.05) is 65.7 Å². The molecule has 2 aromatic carbocycles. The van der Waals surface area contributed by atoms with E-state index in [-0.39, 0.29) is 17.7 Å². The van der Waals surface area contributed by atoms with Crippen molar-refractivity contribution in [3.8, 4) is 0 Å². The number of hydrogen-bond acceptors (Lipinski definition) is 4. The molecule has 6 heteroatoms. The molecule has 2 amide bonds. The third kappa shape index (κ3) is 4.70. The van der Waals surface area contributed by atoms with Crippen LogP contribution in [-0.4, -0.2) is 47.9 Å². The normalized spacial score (nSPS) is 17.2. The Labute approximate surface area is 194 Å². The van der Waals surface area contributed by atoms with Crippen LogP contribution in [0.25, 0.3) is 10.8 Å². The summed E-state index contributed by atoms with van der Waals surface area (Å²) >= 11 is 0. The largest absolute Gasteiger partial charge is 0.370 e. The van der Waals surface area contributed by atoms with Gasteiger partial charge in [0.25, 0.3) is 5.91 Å². The second kappa shape index (κ2) is 9.61. The summed E-state index contributed by atoms with van der Waals surface area (Å²) in [4.78, 5) is 34.7. The SMILES string of the molecule is O=C(Nc1ccc(N2CCCCC2)cn1)C1CCN(C(=O)c2cccc3ccccc23)CC1. The predicted octanol–water partition coefficient (Wildman–Crippen LogP) is 4.72. The molecule has 0 atom stereocenters. The van der Waals surface area contributed by atoms with E-state index in [2.05, 4.69) is 15.2 Å². The van der Waals surface area contributed by atoms with Gasteiger partial charge in [-0.25, -0.2) is 4.98 Å². The fraction of sp³-hybridized carbons (Fsp3) is 0.370. The van der Waals surface area contributed by atoms with Gasteiger partial charge in [0, 0.05) is 37.7 Å². The Balaban J connectivity index is 1.17. The lowest BCUT2D eigenvalue weighted by Crippen LogP contribution is -2.41. The summed E-state index contributed by atoms with van der Waals surface area (Å²) in [6, 6.07) is 17.7. The number of benzene rings is 2. The highest BCUT2D eigenvalue weighted by Gasteiger charge is 2.28. The summed E-state index contributed by atoms with van der Waals surface area (Å²) in [7, 11) is 0. The van der Waals surface area contributed by atoms with E-state index in [1.54, 1.807) is 0 Å². The van der Waals surface area contributed by atoms with E-state index >= 15 is 0 Å². The Bertz CT molecular complexity index is 1130. The van der Waals surface area contributed by atoms with Crippen molar-refractivity contribution in [1.29, 1.82) is 0 Å². The van der Waals surface area contributed by atoms with Crippen LogP contribution < -0.4 is 10.2 Å². The molecular formula is C27H30N4O2. The number of fused-ring (bicyclic) bond motifs is 1. The summed E-state index contributed by atoms with van der Waals surface area (Å²) in [5, 5.41) is 5.01. The minimum atomic E-state index is -0.106. The van der Waals surface area contributed by atoms with Crippen LogP contribution in [0.15, 0.2) is 60.8 Å². The van der Waals surface area contributed by atoms with Crippen LogP contribution in [0.2, 0.25) is 0 Å². The molecule has 0 saturated carbocycles. The number of hydrogen-bond donors (Lipinski definition) is 1. The lowest BCUT2D eigenvalue weighted by molar-refractivity contribution is -0.121. The van der Waals surface area contributed by atoms with Crippen LogP contribution in [0.3, 0.4) is 0 Å². The number of rotatable bonds is 4. The van der Waals surface area contributed by atoms with Crippen LogP contribution in [-0.2, 0) is 4.79 Å². The first-order chi connectivity index (χ1) is 16.2. The molecule has 1 N–H and O–H groups in total. The molecule has 2 fully saturated rings. The van der Waals surface area contributed by atoms with Gasteiger partial charge in [0.05, 0.1) is 11.9 Å². The van der Waals surface area contributed by atoms with Gasteiger partial charge >= 0.3 is 0 Å². The number of likely N-dealkylation sites (tertiary alicyclic amines) is 1. The van der Waals surface area contributed by atoms with Crippen LogP contribution in [0.1, 0.15) is 42.5 Å². The highest BCUT2D eigenvalue weighted by Crippen LogP contribution is 2.25. The Hall–Kier alpha value is -3.41. The molecule has 0 unspecified atom stereocenters. The first-order valence-electron chi connectivity index (χ1n) is 12.0. The lowest BCUT2D eigenvalue weighted by atomic mass is 9.95. The molecular weight excluding hydrogens is 412 g/mol. The van der Waals surface area contributed by atoms with Crippen molar-refractivity contribution in [3.05, 3.63) is 66.4 Å². The molecule has 5 rings (SSSR count). The Kier molecular flexibility index (Phi) is 6.24. The molecule has 2 aliphatic rings. The van der Waals surface area contributed by atoms with Crippen molar-refractivity contribution in [2.75, 3.05) is 36.4 Å². The van der Waals surface area contributed by atoms with Crippen LogP contribution >= 0.6 is 0 Å². The Morgan fingerprint density at radius 2 is 1.61 bits per heavy atom. The number of nitrogens with one attached hydrogen (secondary N) is 1. The third-order valence-electron chi connectivity index (χ3n) is 6.89. The van der Waals surface area contributed by atoms with E-state index in [1.165, 1.54) is 19.3 Å². The van der Waals surface area contributed by atoms with Crippen LogP contribution in [0, 0.1) is 5.92 Å². The molecule has 1 aromatic heterocycles. The molecule has 3 aromatic rings. The second-order valence-corrected chi connectivity index (χ2v) is 9.03. The minimum absolute atomic E-state index is 0.00881. The van der Waals surface area contributed by atoms with Crippen molar-refractivity contribution < 1.29 is 9.59 Å². The first kappa shape index (κ1) is 21.4. The van der Waals surface area contributed by atoms with E-state index in [0.29, 0.717) is 31.7 Å². The number of pyridine rings is 1. The Morgan fingerprint density at radius 3 is 2.36 bits per heavy atom. The van der Waals surface area contributed by atoms with Crippen molar-refractivity contribution in [2.45, 2.75) is 32.1 Å². The van der Waals surface area contributed by atoms with E-state index in [9.17, 15) is 9.59 Å². The smallest absolute Gasteiger partial charge is 0.254 e. The zero-order chi connectivity index (χ0) is 22.6. The highest BCUT2D eigenvalue weighted by atomic mass is 16.2. The van der Waals surface area contributed by atoms with E-state index in [0.717, 1.165) is 35.1 Å². The van der Waals surface area contributed by atoms with Gasteiger partial charge in [-0.1, -0.05) is 36.4 Å². The lowest BCUT2D eigenvalue weighted by Gasteiger charge is -2.31. The second-order valence-electron chi connectivity index (χ2n) is 9.03. The van der Waals surface area contributed by atoms with Crippen molar-refractivity contribution >= 4 is 34.1 Å². The molecule has 6 nitrogen and oxygen atoms in total. The van der Waals surface area contributed by atoms with Gasteiger partial charge in [-0.2, -0.15) is 0 Å². The molecule has 3 heterocycles. The average molecular weight is 443 g/mol. The topological polar surface area (TPSA) is 65.5 Å². The van der Waals surface area contributed by atoms with Gasteiger partial charge in [0.15, 0.2) is 0 Å². The number of anilines is 2. The summed E-state index contributed by atoms with van der Waals surface area (Å²) in [6.45, 7) is 3.32. The molecule has 2 saturated heterocycles. The molecule has 0 spiro atoms. The zero-order valence-electron chi connectivity index (χ0n) is 18.9. The Morgan fingerprint density at radius 1 is 0.848 bits per heavy atom. The molecule has 0 aliphatic carbocycles. The maximum atomic E-state index is 13.2. The first-order valence-corrected chi connectivity index (χ1v) is 12.0. The van der Waals surface area contributed by atoms with Gasteiger partial charge in [0.2, 0.25) is 5.91 Å².